The van der Waals surface area contributed by atoms with Crippen LogP contribution in [0.25, 0.3) is 11.4 Å². The largest absolute Gasteiger partial charge is 0.497 e. The first-order chi connectivity index (χ1) is 15.7. The Kier molecular flexibility index (Phi) is 7.51. The molecule has 7 heteroatoms. The second kappa shape index (κ2) is 10.9. The highest BCUT2D eigenvalue weighted by atomic mass is 16.5. The van der Waals surface area contributed by atoms with Crippen molar-refractivity contribution in [2.75, 3.05) is 39.8 Å². The maximum atomic E-state index is 12.6. The quantitative estimate of drug-likeness (QED) is 0.514. The molecule has 0 radical (unpaired) electrons. The van der Waals surface area contributed by atoms with Crippen molar-refractivity contribution < 1.29 is 14.1 Å². The third kappa shape index (κ3) is 5.95. The number of carbonyl (C=O) groups is 1. The van der Waals surface area contributed by atoms with E-state index >= 15 is 0 Å². The van der Waals surface area contributed by atoms with Gasteiger partial charge in [-0.15, -0.1) is 0 Å². The summed E-state index contributed by atoms with van der Waals surface area (Å²) in [6.07, 6.45) is 2.87. The van der Waals surface area contributed by atoms with E-state index in [0.717, 1.165) is 50.5 Å². The van der Waals surface area contributed by atoms with Crippen molar-refractivity contribution in [3.05, 3.63) is 66.1 Å². The Morgan fingerprint density at radius 1 is 1.00 bits per heavy atom. The molecule has 0 atom stereocenters. The molecule has 4 rings (SSSR count). The molecule has 0 N–H and O–H groups in total. The second-order valence-corrected chi connectivity index (χ2v) is 8.05. The number of amides is 1. The Morgan fingerprint density at radius 3 is 2.47 bits per heavy atom. The molecule has 1 aliphatic rings. The summed E-state index contributed by atoms with van der Waals surface area (Å²) in [7, 11) is 1.63. The molecule has 3 aromatic rings. The number of carbonyl (C=O) groups excluding carboxylic acids is 1. The Morgan fingerprint density at radius 2 is 1.75 bits per heavy atom. The van der Waals surface area contributed by atoms with Gasteiger partial charge in [-0.3, -0.25) is 9.69 Å². The summed E-state index contributed by atoms with van der Waals surface area (Å²) in [4.78, 5) is 21.5. The predicted molar refractivity (Wildman–Crippen MR) is 122 cm³/mol. The number of benzene rings is 2. The number of hydrogen-bond acceptors (Lipinski definition) is 6. The molecule has 0 bridgehead atoms. The molecule has 0 saturated carbocycles. The zero-order valence-electron chi connectivity index (χ0n) is 18.6. The minimum Gasteiger partial charge on any atom is -0.497 e. The van der Waals surface area contributed by atoms with Gasteiger partial charge in [0.1, 0.15) is 5.75 Å². The van der Waals surface area contributed by atoms with Crippen LogP contribution in [0.1, 0.15) is 24.3 Å². The minimum atomic E-state index is 0.211. The normalized spacial score (nSPS) is 14.5. The van der Waals surface area contributed by atoms with Gasteiger partial charge in [0, 0.05) is 51.1 Å². The van der Waals surface area contributed by atoms with Crippen molar-refractivity contribution in [2.24, 2.45) is 0 Å². The maximum Gasteiger partial charge on any atom is 0.226 e. The van der Waals surface area contributed by atoms with E-state index in [1.54, 1.807) is 7.11 Å². The molecule has 32 heavy (non-hydrogen) atoms. The molecule has 2 heterocycles. The average molecular weight is 435 g/mol. The molecule has 1 aromatic heterocycles. The van der Waals surface area contributed by atoms with Gasteiger partial charge in [0.05, 0.1) is 7.11 Å². The van der Waals surface area contributed by atoms with Crippen LogP contribution in [0.2, 0.25) is 0 Å². The number of hydrogen-bond donors (Lipinski definition) is 0. The van der Waals surface area contributed by atoms with E-state index in [2.05, 4.69) is 39.3 Å². The summed E-state index contributed by atoms with van der Waals surface area (Å²) in [6.45, 7) is 4.52. The van der Waals surface area contributed by atoms with Gasteiger partial charge >= 0.3 is 0 Å². The molecule has 1 fully saturated rings. The van der Waals surface area contributed by atoms with Gasteiger partial charge in [-0.05, 0) is 42.7 Å². The Balaban J connectivity index is 1.16. The van der Waals surface area contributed by atoms with Gasteiger partial charge in [-0.25, -0.2) is 0 Å². The van der Waals surface area contributed by atoms with E-state index in [0.29, 0.717) is 31.0 Å². The number of aryl methyl sites for hydroxylation is 1. The van der Waals surface area contributed by atoms with Crippen LogP contribution in [0.5, 0.6) is 5.75 Å². The van der Waals surface area contributed by atoms with Gasteiger partial charge in [0.25, 0.3) is 0 Å². The van der Waals surface area contributed by atoms with Gasteiger partial charge in [-0.2, -0.15) is 4.98 Å². The molecule has 7 nitrogen and oxygen atoms in total. The topological polar surface area (TPSA) is 71.7 Å². The fourth-order valence-electron chi connectivity index (χ4n) is 3.92. The first-order valence-corrected chi connectivity index (χ1v) is 11.2. The first kappa shape index (κ1) is 22.0. The molecule has 0 spiro atoms. The smallest absolute Gasteiger partial charge is 0.226 e. The summed E-state index contributed by atoms with van der Waals surface area (Å²) >= 11 is 0. The highest BCUT2D eigenvalue weighted by Crippen LogP contribution is 2.20. The van der Waals surface area contributed by atoms with Crippen molar-refractivity contribution >= 4 is 5.91 Å². The lowest BCUT2D eigenvalue weighted by Gasteiger charge is -2.34. The third-order valence-electron chi connectivity index (χ3n) is 5.88. The fourth-order valence-corrected chi connectivity index (χ4v) is 3.92. The van der Waals surface area contributed by atoms with Crippen molar-refractivity contribution in [1.29, 1.82) is 0 Å². The number of ether oxygens (including phenoxy) is 1. The number of nitrogens with zero attached hydrogens (tertiary/aromatic N) is 4. The van der Waals surface area contributed by atoms with Crippen LogP contribution in [0.4, 0.5) is 0 Å². The molecule has 1 aliphatic heterocycles. The lowest BCUT2D eigenvalue weighted by atomic mass is 10.1. The third-order valence-corrected chi connectivity index (χ3v) is 5.88. The van der Waals surface area contributed by atoms with E-state index in [1.807, 2.05) is 35.2 Å². The van der Waals surface area contributed by atoms with Gasteiger partial charge in [0.15, 0.2) is 0 Å². The summed E-state index contributed by atoms with van der Waals surface area (Å²) in [5.74, 6) is 2.12. The van der Waals surface area contributed by atoms with E-state index in [4.69, 9.17) is 9.26 Å². The maximum absolute atomic E-state index is 12.6. The van der Waals surface area contributed by atoms with Crippen molar-refractivity contribution in [3.8, 4) is 17.1 Å². The minimum absolute atomic E-state index is 0.211. The van der Waals surface area contributed by atoms with E-state index in [9.17, 15) is 4.79 Å². The van der Waals surface area contributed by atoms with Crippen LogP contribution in [-0.2, 0) is 17.6 Å². The number of rotatable bonds is 9. The molecule has 2 aromatic carbocycles. The number of aromatic nitrogens is 2. The Hall–Kier alpha value is -3.19. The monoisotopic (exact) mass is 434 g/mol. The van der Waals surface area contributed by atoms with Crippen molar-refractivity contribution in [1.82, 2.24) is 19.9 Å². The molecule has 0 aliphatic carbocycles. The highest BCUT2D eigenvalue weighted by Gasteiger charge is 2.20. The summed E-state index contributed by atoms with van der Waals surface area (Å²) in [5, 5.41) is 4.05. The fraction of sp³-hybridized carbons (Fsp3) is 0.400. The van der Waals surface area contributed by atoms with Gasteiger partial charge < -0.3 is 14.2 Å². The van der Waals surface area contributed by atoms with E-state index in [1.165, 1.54) is 5.56 Å². The predicted octanol–water partition coefficient (Wildman–Crippen LogP) is 3.45. The molecular formula is C25H30N4O3. The zero-order valence-corrected chi connectivity index (χ0v) is 18.6. The summed E-state index contributed by atoms with van der Waals surface area (Å²) in [5.41, 5.74) is 2.24. The van der Waals surface area contributed by atoms with Crippen LogP contribution >= 0.6 is 0 Å². The molecular weight excluding hydrogens is 404 g/mol. The van der Waals surface area contributed by atoms with Crippen LogP contribution in [0, 0.1) is 0 Å². The lowest BCUT2D eigenvalue weighted by Crippen LogP contribution is -2.49. The van der Waals surface area contributed by atoms with Crippen molar-refractivity contribution in [2.45, 2.75) is 25.7 Å². The van der Waals surface area contributed by atoms with Crippen LogP contribution in [-0.4, -0.2) is 65.7 Å². The SMILES string of the molecule is COc1ccc(-c2noc(CCCC(=O)N3CCN(CCc4ccccc4)CC3)n2)cc1. The summed E-state index contributed by atoms with van der Waals surface area (Å²) in [6, 6.07) is 18.1. The molecule has 168 valence electrons. The average Bonchev–Trinajstić information content (AvgIpc) is 3.32. The van der Waals surface area contributed by atoms with Gasteiger partial charge in [0.2, 0.25) is 17.6 Å². The Labute approximate surface area is 189 Å². The molecule has 1 amide bonds. The van der Waals surface area contributed by atoms with E-state index in [-0.39, 0.29) is 5.91 Å². The molecule has 0 unspecified atom stereocenters. The van der Waals surface area contributed by atoms with E-state index < -0.39 is 0 Å². The zero-order chi connectivity index (χ0) is 22.2. The standard InChI is InChI=1S/C25H30N4O3/c1-31-22-12-10-21(11-13-22)25-26-23(32-27-25)8-5-9-24(30)29-18-16-28(17-19-29)15-14-20-6-3-2-4-7-20/h2-4,6-7,10-13H,5,8-9,14-19H2,1H3. The van der Waals surface area contributed by atoms with Gasteiger partial charge in [-0.1, -0.05) is 35.5 Å². The Bertz CT molecular complexity index is 980. The van der Waals surface area contributed by atoms with Crippen LogP contribution in [0.15, 0.2) is 59.1 Å². The van der Waals surface area contributed by atoms with Crippen LogP contribution < -0.4 is 4.74 Å². The number of piperazine rings is 1. The molecule has 1 saturated heterocycles. The second-order valence-electron chi connectivity index (χ2n) is 8.05. The number of methoxy groups -OCH3 is 1. The summed E-state index contributed by atoms with van der Waals surface area (Å²) < 4.78 is 10.5. The van der Waals surface area contributed by atoms with Crippen LogP contribution in [0.3, 0.4) is 0 Å². The first-order valence-electron chi connectivity index (χ1n) is 11.2. The van der Waals surface area contributed by atoms with Crippen molar-refractivity contribution in [3.63, 3.8) is 0 Å². The lowest BCUT2D eigenvalue weighted by molar-refractivity contribution is -0.133. The highest BCUT2D eigenvalue weighted by molar-refractivity contribution is 5.76.